The van der Waals surface area contributed by atoms with Crippen molar-refractivity contribution < 1.29 is 13.6 Å². The van der Waals surface area contributed by atoms with Gasteiger partial charge in [0.25, 0.3) is 0 Å². The average molecular weight is 186 g/mol. The molecule has 0 saturated heterocycles. The van der Waals surface area contributed by atoms with E-state index in [0.29, 0.717) is 5.56 Å². The van der Waals surface area contributed by atoms with E-state index in [1.165, 1.54) is 0 Å². The molecule has 0 fully saturated rings. The largest absolute Gasteiger partial charge is 0.352 e. The topological polar surface area (TPSA) is 55.1 Å². The molecule has 0 unspecified atom stereocenters. The zero-order valence-corrected chi connectivity index (χ0v) is 6.68. The van der Waals surface area contributed by atoms with E-state index in [4.69, 9.17) is 5.73 Å². The van der Waals surface area contributed by atoms with Gasteiger partial charge in [-0.2, -0.15) is 0 Å². The minimum atomic E-state index is -0.732. The molecule has 1 aromatic rings. The lowest BCUT2D eigenvalue weighted by Crippen LogP contribution is -2.28. The molecule has 0 aliphatic rings. The van der Waals surface area contributed by atoms with Crippen molar-refractivity contribution in [2.75, 3.05) is 0 Å². The van der Waals surface area contributed by atoms with Crippen LogP contribution in [0.5, 0.6) is 0 Å². The fourth-order valence-corrected chi connectivity index (χ4v) is 0.902. The summed E-state index contributed by atoms with van der Waals surface area (Å²) in [4.78, 5) is 10.3. The summed E-state index contributed by atoms with van der Waals surface area (Å²) < 4.78 is 25.1. The van der Waals surface area contributed by atoms with E-state index in [0.717, 1.165) is 18.2 Å². The third kappa shape index (κ3) is 3.06. The molecule has 3 nitrogen and oxygen atoms in total. The van der Waals surface area contributed by atoms with Crippen LogP contribution >= 0.6 is 0 Å². The number of urea groups is 1. The number of primary amides is 1. The maximum absolute atomic E-state index is 12.6. The Balaban J connectivity index is 2.71. The predicted octanol–water partition coefficient (Wildman–Crippen LogP) is 1.13. The smallest absolute Gasteiger partial charge is 0.312 e. The molecule has 5 heteroatoms. The Morgan fingerprint density at radius 1 is 1.31 bits per heavy atom. The molecule has 70 valence electrons. The van der Waals surface area contributed by atoms with E-state index in [1.54, 1.807) is 0 Å². The van der Waals surface area contributed by atoms with Crippen LogP contribution in [0.15, 0.2) is 18.2 Å². The Bertz CT molecular complexity index is 308. The van der Waals surface area contributed by atoms with Crippen molar-refractivity contribution in [2.24, 2.45) is 5.73 Å². The molecule has 13 heavy (non-hydrogen) atoms. The van der Waals surface area contributed by atoms with Gasteiger partial charge < -0.3 is 11.1 Å². The molecule has 0 atom stereocenters. The molecule has 0 radical (unpaired) electrons. The third-order valence-electron chi connectivity index (χ3n) is 1.39. The molecule has 1 aromatic carbocycles. The van der Waals surface area contributed by atoms with E-state index in [-0.39, 0.29) is 6.54 Å². The number of nitrogens with one attached hydrogen (secondary N) is 1. The Morgan fingerprint density at radius 2 is 1.85 bits per heavy atom. The van der Waals surface area contributed by atoms with Gasteiger partial charge in [0, 0.05) is 12.6 Å². The first-order chi connectivity index (χ1) is 6.08. The molecular formula is C8H8F2N2O. The van der Waals surface area contributed by atoms with E-state index in [1.807, 2.05) is 0 Å². The van der Waals surface area contributed by atoms with E-state index >= 15 is 0 Å². The highest BCUT2D eigenvalue weighted by molar-refractivity contribution is 5.71. The molecule has 0 aliphatic heterocycles. The first-order valence-corrected chi connectivity index (χ1v) is 3.56. The molecule has 3 N–H and O–H groups in total. The molecule has 2 amide bonds. The first kappa shape index (κ1) is 9.44. The number of carbonyl (C=O) groups is 1. The molecule has 0 heterocycles. The minimum Gasteiger partial charge on any atom is -0.352 e. The lowest BCUT2D eigenvalue weighted by molar-refractivity contribution is 0.248. The monoisotopic (exact) mass is 186 g/mol. The van der Waals surface area contributed by atoms with Crippen LogP contribution in [0.1, 0.15) is 5.56 Å². The summed E-state index contributed by atoms with van der Waals surface area (Å²) in [5.74, 6) is -1.36. The van der Waals surface area contributed by atoms with Crippen LogP contribution in [0.3, 0.4) is 0 Å². The molecule has 0 saturated carbocycles. The number of hydrogen-bond donors (Lipinski definition) is 2. The lowest BCUT2D eigenvalue weighted by Gasteiger charge is -2.02. The Hall–Kier alpha value is -1.65. The van der Waals surface area contributed by atoms with Gasteiger partial charge in [-0.1, -0.05) is 0 Å². The normalized spacial score (nSPS) is 9.69. The Morgan fingerprint density at radius 3 is 2.31 bits per heavy atom. The second-order valence-corrected chi connectivity index (χ2v) is 2.50. The average Bonchev–Trinajstić information content (AvgIpc) is 1.99. The molecule has 0 spiro atoms. The van der Waals surface area contributed by atoms with Crippen molar-refractivity contribution in [3.63, 3.8) is 0 Å². The first-order valence-electron chi connectivity index (χ1n) is 3.56. The fraction of sp³-hybridized carbons (Fsp3) is 0.125. The molecule has 1 rings (SSSR count). The summed E-state index contributed by atoms with van der Waals surface area (Å²) in [7, 11) is 0. The molecule has 0 aliphatic carbocycles. The number of carbonyl (C=O) groups excluding carboxylic acids is 1. The SMILES string of the molecule is NC(=O)NCc1cc(F)cc(F)c1. The number of amides is 2. The highest BCUT2D eigenvalue weighted by atomic mass is 19.1. The second kappa shape index (κ2) is 3.84. The van der Waals surface area contributed by atoms with Gasteiger partial charge in [0.15, 0.2) is 0 Å². The third-order valence-corrected chi connectivity index (χ3v) is 1.39. The fourth-order valence-electron chi connectivity index (χ4n) is 0.902. The number of benzene rings is 1. The van der Waals surface area contributed by atoms with Gasteiger partial charge in [0.2, 0.25) is 0 Å². The van der Waals surface area contributed by atoms with Gasteiger partial charge in [-0.25, -0.2) is 13.6 Å². The number of hydrogen-bond acceptors (Lipinski definition) is 1. The molecular weight excluding hydrogens is 178 g/mol. The molecule has 0 aromatic heterocycles. The summed E-state index contributed by atoms with van der Waals surface area (Å²) in [6.07, 6.45) is 0. The van der Waals surface area contributed by atoms with Crippen LogP contribution in [0.2, 0.25) is 0 Å². The van der Waals surface area contributed by atoms with Crippen LogP contribution in [0.25, 0.3) is 0 Å². The standard InChI is InChI=1S/C8H8F2N2O/c9-6-1-5(2-7(10)3-6)4-12-8(11)13/h1-3H,4H2,(H3,11,12,13). The van der Waals surface area contributed by atoms with Gasteiger partial charge in [-0.3, -0.25) is 0 Å². The lowest BCUT2D eigenvalue weighted by atomic mass is 10.2. The summed E-state index contributed by atoms with van der Waals surface area (Å²) in [5.41, 5.74) is 5.11. The second-order valence-electron chi connectivity index (χ2n) is 2.50. The van der Waals surface area contributed by atoms with Crippen LogP contribution in [0.4, 0.5) is 13.6 Å². The van der Waals surface area contributed by atoms with Gasteiger partial charge in [-0.15, -0.1) is 0 Å². The minimum absolute atomic E-state index is 0.0179. The number of nitrogens with two attached hydrogens (primary N) is 1. The number of halogens is 2. The summed E-state index contributed by atoms with van der Waals surface area (Å²) in [6.45, 7) is 0.0179. The van der Waals surface area contributed by atoms with Crippen molar-refractivity contribution in [1.82, 2.24) is 5.32 Å². The molecule has 0 bridgehead atoms. The maximum Gasteiger partial charge on any atom is 0.312 e. The maximum atomic E-state index is 12.6. The van der Waals surface area contributed by atoms with Crippen LogP contribution in [-0.4, -0.2) is 6.03 Å². The predicted molar refractivity (Wildman–Crippen MR) is 42.8 cm³/mol. The van der Waals surface area contributed by atoms with Crippen molar-refractivity contribution in [2.45, 2.75) is 6.54 Å². The van der Waals surface area contributed by atoms with E-state index in [2.05, 4.69) is 5.32 Å². The Labute approximate surface area is 73.5 Å². The van der Waals surface area contributed by atoms with Crippen LogP contribution in [-0.2, 0) is 6.54 Å². The van der Waals surface area contributed by atoms with Crippen molar-refractivity contribution in [3.05, 3.63) is 35.4 Å². The van der Waals surface area contributed by atoms with Crippen molar-refractivity contribution in [3.8, 4) is 0 Å². The highest BCUT2D eigenvalue weighted by Crippen LogP contribution is 2.07. The van der Waals surface area contributed by atoms with E-state index < -0.39 is 17.7 Å². The Kier molecular flexibility index (Phi) is 2.79. The summed E-state index contributed by atoms with van der Waals surface area (Å²) in [5, 5.41) is 2.22. The summed E-state index contributed by atoms with van der Waals surface area (Å²) >= 11 is 0. The zero-order chi connectivity index (χ0) is 9.84. The number of rotatable bonds is 2. The van der Waals surface area contributed by atoms with Crippen LogP contribution < -0.4 is 11.1 Å². The van der Waals surface area contributed by atoms with Gasteiger partial charge in [0.1, 0.15) is 11.6 Å². The quantitative estimate of drug-likeness (QED) is 0.714. The van der Waals surface area contributed by atoms with Gasteiger partial charge >= 0.3 is 6.03 Å². The summed E-state index contributed by atoms with van der Waals surface area (Å²) in [6, 6.07) is 2.27. The highest BCUT2D eigenvalue weighted by Gasteiger charge is 2.00. The van der Waals surface area contributed by atoms with Crippen LogP contribution in [0, 0.1) is 11.6 Å². The van der Waals surface area contributed by atoms with Crippen molar-refractivity contribution in [1.29, 1.82) is 0 Å². The van der Waals surface area contributed by atoms with Crippen molar-refractivity contribution >= 4 is 6.03 Å². The van der Waals surface area contributed by atoms with Gasteiger partial charge in [-0.05, 0) is 17.7 Å². The van der Waals surface area contributed by atoms with Gasteiger partial charge in [0.05, 0.1) is 0 Å². The zero-order valence-electron chi connectivity index (χ0n) is 6.68. The van der Waals surface area contributed by atoms with E-state index in [9.17, 15) is 13.6 Å².